The number of hydrogen-bond donors (Lipinski definition) is 1. The molecule has 1 N–H and O–H groups in total. The third-order valence-electron chi connectivity index (χ3n) is 4.78. The lowest BCUT2D eigenvalue weighted by Gasteiger charge is -2.16. The first-order valence-electron chi connectivity index (χ1n) is 9.37. The number of aromatic amines is 1. The summed E-state index contributed by atoms with van der Waals surface area (Å²) in [6, 6.07) is 14.8. The lowest BCUT2D eigenvalue weighted by Crippen LogP contribution is -2.32. The Morgan fingerprint density at radius 3 is 2.68 bits per heavy atom. The van der Waals surface area contributed by atoms with Gasteiger partial charge in [-0.25, -0.2) is 4.98 Å². The van der Waals surface area contributed by atoms with E-state index >= 15 is 0 Å². The number of amides is 1. The molecule has 0 atom stereocenters. The molecule has 6 heteroatoms. The number of hydrogen-bond acceptors (Lipinski definition) is 4. The molecule has 1 aromatic heterocycles. The highest BCUT2D eigenvalue weighted by Gasteiger charge is 2.18. The second-order valence-corrected chi connectivity index (χ2v) is 6.72. The number of para-hydroxylation sites is 3. The Bertz CT molecular complexity index is 1080. The predicted octanol–water partition coefficient (Wildman–Crippen LogP) is 3.09. The monoisotopic (exact) mass is 375 g/mol. The molecule has 2 heterocycles. The van der Waals surface area contributed by atoms with Crippen molar-refractivity contribution in [3.8, 4) is 5.75 Å². The Morgan fingerprint density at radius 2 is 1.82 bits per heavy atom. The molecule has 1 aliphatic rings. The molecule has 0 radical (unpaired) electrons. The van der Waals surface area contributed by atoms with Crippen LogP contribution in [0.15, 0.2) is 53.3 Å². The van der Waals surface area contributed by atoms with Crippen LogP contribution in [0.1, 0.15) is 24.1 Å². The van der Waals surface area contributed by atoms with Crippen molar-refractivity contribution in [1.82, 2.24) is 14.9 Å². The fourth-order valence-corrected chi connectivity index (χ4v) is 3.27. The van der Waals surface area contributed by atoms with Crippen molar-refractivity contribution in [2.24, 2.45) is 0 Å². The van der Waals surface area contributed by atoms with Gasteiger partial charge < -0.3 is 14.6 Å². The zero-order valence-corrected chi connectivity index (χ0v) is 15.4. The van der Waals surface area contributed by atoms with Crippen molar-refractivity contribution < 1.29 is 9.53 Å². The molecule has 1 amide bonds. The van der Waals surface area contributed by atoms with Crippen LogP contribution in [0.3, 0.4) is 0 Å². The van der Waals surface area contributed by atoms with Crippen molar-refractivity contribution in [3.05, 3.63) is 70.1 Å². The highest BCUT2D eigenvalue weighted by atomic mass is 16.5. The summed E-state index contributed by atoms with van der Waals surface area (Å²) in [7, 11) is 0. The number of nitrogens with zero attached hydrogens (tertiary/aromatic N) is 2. The molecule has 0 bridgehead atoms. The molecule has 0 saturated carbocycles. The Balaban J connectivity index is 1.53. The SMILES string of the molecule is O=C(COc1ccccc1C=Cc1nc2ccccc2[nH]c1=O)N1CCCC1. The van der Waals surface area contributed by atoms with E-state index in [0.29, 0.717) is 17.0 Å². The van der Waals surface area contributed by atoms with Gasteiger partial charge in [0, 0.05) is 18.7 Å². The molecule has 4 rings (SSSR count). The van der Waals surface area contributed by atoms with E-state index in [-0.39, 0.29) is 18.1 Å². The summed E-state index contributed by atoms with van der Waals surface area (Å²) in [5.74, 6) is 0.604. The summed E-state index contributed by atoms with van der Waals surface area (Å²) < 4.78 is 5.75. The van der Waals surface area contributed by atoms with Crippen LogP contribution >= 0.6 is 0 Å². The number of ether oxygens (including phenoxy) is 1. The molecular formula is C22H21N3O3. The minimum Gasteiger partial charge on any atom is -0.483 e. The minimum atomic E-state index is -0.252. The molecular weight excluding hydrogens is 354 g/mol. The number of carbonyl (C=O) groups excluding carboxylic acids is 1. The van der Waals surface area contributed by atoms with E-state index in [0.717, 1.165) is 37.0 Å². The van der Waals surface area contributed by atoms with Gasteiger partial charge in [-0.05, 0) is 43.2 Å². The average molecular weight is 375 g/mol. The van der Waals surface area contributed by atoms with Crippen LogP contribution < -0.4 is 10.3 Å². The maximum Gasteiger partial charge on any atom is 0.274 e. The summed E-state index contributed by atoms with van der Waals surface area (Å²) in [4.78, 5) is 33.5. The topological polar surface area (TPSA) is 75.3 Å². The number of carbonyl (C=O) groups is 1. The van der Waals surface area contributed by atoms with Gasteiger partial charge in [-0.15, -0.1) is 0 Å². The zero-order chi connectivity index (χ0) is 19.3. The molecule has 1 saturated heterocycles. The molecule has 142 valence electrons. The molecule has 1 fully saturated rings. The lowest BCUT2D eigenvalue weighted by atomic mass is 10.1. The Labute approximate surface area is 162 Å². The lowest BCUT2D eigenvalue weighted by molar-refractivity contribution is -0.132. The first-order chi connectivity index (χ1) is 13.7. The Kier molecular flexibility index (Phi) is 5.19. The molecule has 28 heavy (non-hydrogen) atoms. The van der Waals surface area contributed by atoms with Crippen molar-refractivity contribution in [3.63, 3.8) is 0 Å². The largest absolute Gasteiger partial charge is 0.483 e. The van der Waals surface area contributed by atoms with E-state index in [1.54, 1.807) is 12.2 Å². The fraction of sp³-hybridized carbons (Fsp3) is 0.227. The zero-order valence-electron chi connectivity index (χ0n) is 15.4. The highest BCUT2D eigenvalue weighted by molar-refractivity contribution is 5.79. The smallest absolute Gasteiger partial charge is 0.274 e. The summed E-state index contributed by atoms with van der Waals surface area (Å²) in [5.41, 5.74) is 2.28. The van der Waals surface area contributed by atoms with E-state index in [4.69, 9.17) is 4.74 Å². The van der Waals surface area contributed by atoms with Crippen LogP contribution in [0.2, 0.25) is 0 Å². The van der Waals surface area contributed by atoms with Gasteiger partial charge in [0.25, 0.3) is 11.5 Å². The van der Waals surface area contributed by atoms with Crippen LogP contribution in [0, 0.1) is 0 Å². The molecule has 6 nitrogen and oxygen atoms in total. The summed E-state index contributed by atoms with van der Waals surface area (Å²) in [5, 5.41) is 0. The number of nitrogens with one attached hydrogen (secondary N) is 1. The standard InChI is InChI=1S/C22H21N3O3/c26-21(25-13-5-6-14-25)15-28-20-10-4-1-7-16(20)11-12-19-22(27)24-18-9-3-2-8-17(18)23-19/h1-4,7-12H,5-6,13-15H2,(H,24,27). The quantitative estimate of drug-likeness (QED) is 0.744. The van der Waals surface area contributed by atoms with Gasteiger partial charge >= 0.3 is 0 Å². The van der Waals surface area contributed by atoms with Crippen LogP contribution in [0.4, 0.5) is 0 Å². The number of aromatic nitrogens is 2. The normalized spacial score (nSPS) is 14.1. The number of likely N-dealkylation sites (tertiary alicyclic amines) is 1. The van der Waals surface area contributed by atoms with E-state index in [1.165, 1.54) is 0 Å². The van der Waals surface area contributed by atoms with Crippen LogP contribution in [0.5, 0.6) is 5.75 Å². The maximum absolute atomic E-state index is 12.3. The summed E-state index contributed by atoms with van der Waals surface area (Å²) >= 11 is 0. The van der Waals surface area contributed by atoms with E-state index in [9.17, 15) is 9.59 Å². The highest BCUT2D eigenvalue weighted by Crippen LogP contribution is 2.21. The molecule has 0 unspecified atom stereocenters. The van der Waals surface area contributed by atoms with Gasteiger partial charge in [0.15, 0.2) is 6.61 Å². The van der Waals surface area contributed by atoms with Gasteiger partial charge in [-0.3, -0.25) is 9.59 Å². The fourth-order valence-electron chi connectivity index (χ4n) is 3.27. The molecule has 2 aromatic carbocycles. The number of benzene rings is 2. The van der Waals surface area contributed by atoms with E-state index in [2.05, 4.69) is 9.97 Å². The molecule has 0 spiro atoms. The molecule has 1 aliphatic heterocycles. The summed E-state index contributed by atoms with van der Waals surface area (Å²) in [6.07, 6.45) is 5.55. The molecule has 0 aliphatic carbocycles. The third-order valence-corrected chi connectivity index (χ3v) is 4.78. The average Bonchev–Trinajstić information content (AvgIpc) is 3.26. The third kappa shape index (κ3) is 3.96. The van der Waals surface area contributed by atoms with Crippen molar-refractivity contribution in [1.29, 1.82) is 0 Å². The minimum absolute atomic E-state index is 0.00363. The van der Waals surface area contributed by atoms with E-state index < -0.39 is 0 Å². The van der Waals surface area contributed by atoms with Gasteiger partial charge in [0.2, 0.25) is 0 Å². The van der Waals surface area contributed by atoms with Crippen LogP contribution in [0.25, 0.3) is 23.2 Å². The second-order valence-electron chi connectivity index (χ2n) is 6.72. The van der Waals surface area contributed by atoms with Crippen molar-refractivity contribution in [2.75, 3.05) is 19.7 Å². The number of fused-ring (bicyclic) bond motifs is 1. The predicted molar refractivity (Wildman–Crippen MR) is 109 cm³/mol. The summed E-state index contributed by atoms with van der Waals surface area (Å²) in [6.45, 7) is 1.62. The van der Waals surface area contributed by atoms with Gasteiger partial charge in [0.1, 0.15) is 11.4 Å². The first kappa shape index (κ1) is 18.0. The van der Waals surface area contributed by atoms with Crippen molar-refractivity contribution >= 4 is 29.1 Å². The Morgan fingerprint density at radius 1 is 1.07 bits per heavy atom. The maximum atomic E-state index is 12.3. The van der Waals surface area contributed by atoms with E-state index in [1.807, 2.05) is 53.4 Å². The van der Waals surface area contributed by atoms with Crippen LogP contribution in [-0.4, -0.2) is 40.5 Å². The van der Waals surface area contributed by atoms with Gasteiger partial charge in [0.05, 0.1) is 11.0 Å². The van der Waals surface area contributed by atoms with Gasteiger partial charge in [-0.2, -0.15) is 0 Å². The number of rotatable bonds is 5. The Hall–Kier alpha value is -3.41. The van der Waals surface area contributed by atoms with Crippen molar-refractivity contribution in [2.45, 2.75) is 12.8 Å². The second kappa shape index (κ2) is 8.08. The van der Waals surface area contributed by atoms with Crippen LogP contribution in [-0.2, 0) is 4.79 Å². The van der Waals surface area contributed by atoms with Gasteiger partial charge in [-0.1, -0.05) is 30.3 Å². The number of H-pyrrole nitrogens is 1. The molecule has 3 aromatic rings. The first-order valence-corrected chi connectivity index (χ1v) is 9.37.